The summed E-state index contributed by atoms with van der Waals surface area (Å²) in [6.45, 7) is 2.33. The molecule has 7 nitrogen and oxygen atoms in total. The van der Waals surface area contributed by atoms with Crippen LogP contribution in [0.1, 0.15) is 28.4 Å². The van der Waals surface area contributed by atoms with E-state index in [1.54, 1.807) is 31.4 Å². The molecular weight excluding hydrogens is 394 g/mol. The highest BCUT2D eigenvalue weighted by molar-refractivity contribution is 5.92. The number of hydrogen-bond donors (Lipinski definition) is 2. The molecule has 2 amide bonds. The van der Waals surface area contributed by atoms with E-state index < -0.39 is 5.91 Å². The first-order chi connectivity index (χ1) is 13.6. The Morgan fingerprint density at radius 3 is 2.59 bits per heavy atom. The van der Waals surface area contributed by atoms with Crippen LogP contribution in [0.5, 0.6) is 11.5 Å². The predicted octanol–water partition coefficient (Wildman–Crippen LogP) is 2.16. The van der Waals surface area contributed by atoms with Crippen molar-refractivity contribution in [3.63, 3.8) is 0 Å². The second kappa shape index (κ2) is 10.7. The van der Waals surface area contributed by atoms with Crippen molar-refractivity contribution in [1.82, 2.24) is 10.2 Å². The fourth-order valence-corrected chi connectivity index (χ4v) is 3.34. The Kier molecular flexibility index (Phi) is 8.30. The molecule has 8 heteroatoms. The van der Waals surface area contributed by atoms with Crippen molar-refractivity contribution in [2.45, 2.75) is 12.5 Å². The summed E-state index contributed by atoms with van der Waals surface area (Å²) in [4.78, 5) is 25.8. The molecule has 2 aromatic carbocycles. The summed E-state index contributed by atoms with van der Waals surface area (Å²) in [5.74, 6) is 0.924. The second-order valence-electron chi connectivity index (χ2n) is 6.54. The molecule has 0 spiro atoms. The number of rotatable bonds is 7. The lowest BCUT2D eigenvalue weighted by Gasteiger charge is -2.37. The molecule has 29 heavy (non-hydrogen) atoms. The van der Waals surface area contributed by atoms with Crippen molar-refractivity contribution in [3.05, 3.63) is 59.7 Å². The maximum Gasteiger partial charge on any atom is 0.248 e. The number of ether oxygens (including phenoxy) is 2. The van der Waals surface area contributed by atoms with Gasteiger partial charge in [0.05, 0.1) is 26.2 Å². The summed E-state index contributed by atoms with van der Waals surface area (Å²) in [7, 11) is 1.64. The zero-order valence-electron chi connectivity index (χ0n) is 16.3. The minimum atomic E-state index is -0.484. The minimum Gasteiger partial charge on any atom is -0.496 e. The minimum absolute atomic E-state index is 0. The van der Waals surface area contributed by atoms with Crippen LogP contribution in [-0.4, -0.2) is 50.1 Å². The van der Waals surface area contributed by atoms with Gasteiger partial charge in [-0.25, -0.2) is 0 Å². The average Bonchev–Trinajstić information content (AvgIpc) is 2.74. The van der Waals surface area contributed by atoms with Gasteiger partial charge in [0, 0.05) is 30.8 Å². The molecule has 1 aliphatic heterocycles. The van der Waals surface area contributed by atoms with Crippen molar-refractivity contribution >= 4 is 24.2 Å². The van der Waals surface area contributed by atoms with Crippen LogP contribution in [0.4, 0.5) is 0 Å². The Morgan fingerprint density at radius 2 is 1.90 bits per heavy atom. The number of benzene rings is 2. The molecule has 1 heterocycles. The third-order valence-corrected chi connectivity index (χ3v) is 4.79. The van der Waals surface area contributed by atoms with Crippen LogP contribution in [0.15, 0.2) is 48.5 Å². The number of para-hydroxylation sites is 1. The number of nitrogens with two attached hydrogens (primary N) is 1. The highest BCUT2D eigenvalue weighted by atomic mass is 35.5. The smallest absolute Gasteiger partial charge is 0.248 e. The zero-order chi connectivity index (χ0) is 19.9. The highest BCUT2D eigenvalue weighted by Crippen LogP contribution is 2.30. The van der Waals surface area contributed by atoms with Gasteiger partial charge in [0.1, 0.15) is 11.5 Å². The lowest BCUT2D eigenvalue weighted by Crippen LogP contribution is -2.49. The van der Waals surface area contributed by atoms with Gasteiger partial charge in [0.2, 0.25) is 11.8 Å². The van der Waals surface area contributed by atoms with Crippen LogP contribution in [0.2, 0.25) is 0 Å². The maximum atomic E-state index is 12.8. The van der Waals surface area contributed by atoms with Gasteiger partial charge in [-0.05, 0) is 30.3 Å². The van der Waals surface area contributed by atoms with E-state index in [1.165, 1.54) is 0 Å². The topological polar surface area (TPSA) is 93.9 Å². The van der Waals surface area contributed by atoms with Gasteiger partial charge in [0.15, 0.2) is 0 Å². The van der Waals surface area contributed by atoms with Gasteiger partial charge in [0.25, 0.3) is 0 Å². The van der Waals surface area contributed by atoms with Crippen molar-refractivity contribution in [1.29, 1.82) is 0 Å². The van der Waals surface area contributed by atoms with Crippen LogP contribution in [-0.2, 0) is 4.79 Å². The van der Waals surface area contributed by atoms with Crippen LogP contribution >= 0.6 is 12.4 Å². The van der Waals surface area contributed by atoms with Crippen LogP contribution in [0.25, 0.3) is 0 Å². The number of hydrogen-bond acceptors (Lipinski definition) is 5. The highest BCUT2D eigenvalue weighted by Gasteiger charge is 2.29. The van der Waals surface area contributed by atoms with Crippen molar-refractivity contribution in [2.75, 3.05) is 33.4 Å². The van der Waals surface area contributed by atoms with Gasteiger partial charge in [-0.15, -0.1) is 12.4 Å². The Labute approximate surface area is 176 Å². The number of primary amides is 1. The molecule has 0 bridgehead atoms. The summed E-state index contributed by atoms with van der Waals surface area (Å²) in [6.07, 6.45) is 0.267. The average molecular weight is 420 g/mol. The summed E-state index contributed by atoms with van der Waals surface area (Å²) < 4.78 is 11.1. The fraction of sp³-hybridized carbons (Fsp3) is 0.333. The fourth-order valence-electron chi connectivity index (χ4n) is 3.34. The normalized spacial score (nSPS) is 15.9. The number of carbonyl (C=O) groups is 2. The van der Waals surface area contributed by atoms with E-state index in [0.29, 0.717) is 24.4 Å². The van der Waals surface area contributed by atoms with Crippen molar-refractivity contribution in [3.8, 4) is 11.5 Å². The van der Waals surface area contributed by atoms with E-state index in [9.17, 15) is 9.59 Å². The Bertz CT molecular complexity index is 829. The molecule has 1 fully saturated rings. The van der Waals surface area contributed by atoms with Gasteiger partial charge < -0.3 is 25.4 Å². The molecular formula is C21H26ClN3O4. The molecule has 0 radical (unpaired) electrons. The standard InChI is InChI=1S/C21H25N3O4.ClH/c1-27-19-5-3-2-4-17(19)18-14-23-11-12-24(18)20(25)10-13-28-16-8-6-15(7-9-16)21(22)26;/h2-9,18,23H,10-14H2,1H3,(H2,22,26);1H. The van der Waals surface area contributed by atoms with E-state index >= 15 is 0 Å². The van der Waals surface area contributed by atoms with Gasteiger partial charge in [-0.2, -0.15) is 0 Å². The summed E-state index contributed by atoms with van der Waals surface area (Å²) in [6, 6.07) is 14.3. The largest absolute Gasteiger partial charge is 0.496 e. The summed E-state index contributed by atoms with van der Waals surface area (Å²) >= 11 is 0. The monoisotopic (exact) mass is 419 g/mol. The first kappa shape index (κ1) is 22.5. The molecule has 1 aliphatic rings. The van der Waals surface area contributed by atoms with Gasteiger partial charge >= 0.3 is 0 Å². The van der Waals surface area contributed by atoms with Crippen LogP contribution in [0, 0.1) is 0 Å². The molecule has 3 rings (SSSR count). The molecule has 1 unspecified atom stereocenters. The first-order valence-electron chi connectivity index (χ1n) is 9.26. The third-order valence-electron chi connectivity index (χ3n) is 4.79. The van der Waals surface area contributed by atoms with E-state index in [4.69, 9.17) is 15.2 Å². The van der Waals surface area contributed by atoms with Crippen LogP contribution < -0.4 is 20.5 Å². The summed E-state index contributed by atoms with van der Waals surface area (Å²) in [5, 5.41) is 3.35. The number of nitrogens with one attached hydrogen (secondary N) is 1. The number of piperazine rings is 1. The molecule has 0 aliphatic carbocycles. The zero-order valence-corrected chi connectivity index (χ0v) is 17.1. The van der Waals surface area contributed by atoms with Crippen molar-refractivity contribution < 1.29 is 19.1 Å². The van der Waals surface area contributed by atoms with Gasteiger partial charge in [-0.1, -0.05) is 18.2 Å². The number of amides is 2. The third kappa shape index (κ3) is 5.62. The number of halogens is 1. The van der Waals surface area contributed by atoms with E-state index in [1.807, 2.05) is 29.2 Å². The van der Waals surface area contributed by atoms with E-state index in [-0.39, 0.29) is 37.4 Å². The molecule has 2 aromatic rings. The number of methoxy groups -OCH3 is 1. The van der Waals surface area contributed by atoms with E-state index in [0.717, 1.165) is 17.9 Å². The number of nitrogens with zero attached hydrogens (tertiary/aromatic N) is 1. The maximum absolute atomic E-state index is 12.8. The molecule has 156 valence electrons. The number of carbonyl (C=O) groups excluding carboxylic acids is 2. The van der Waals surface area contributed by atoms with Crippen LogP contribution in [0.3, 0.4) is 0 Å². The Balaban J connectivity index is 0.00000300. The first-order valence-corrected chi connectivity index (χ1v) is 9.26. The lowest BCUT2D eigenvalue weighted by molar-refractivity contribution is -0.135. The quantitative estimate of drug-likeness (QED) is 0.717. The Morgan fingerprint density at radius 1 is 1.17 bits per heavy atom. The summed E-state index contributed by atoms with van der Waals surface area (Å²) in [5.41, 5.74) is 6.64. The van der Waals surface area contributed by atoms with E-state index in [2.05, 4.69) is 5.32 Å². The second-order valence-corrected chi connectivity index (χ2v) is 6.54. The SMILES string of the molecule is COc1ccccc1C1CNCCN1C(=O)CCOc1ccc(C(N)=O)cc1.Cl. The molecule has 1 atom stereocenters. The van der Waals surface area contributed by atoms with Crippen molar-refractivity contribution in [2.24, 2.45) is 5.73 Å². The predicted molar refractivity (Wildman–Crippen MR) is 113 cm³/mol. The molecule has 3 N–H and O–H groups in total. The van der Waals surface area contributed by atoms with Gasteiger partial charge in [-0.3, -0.25) is 9.59 Å². The molecule has 0 saturated carbocycles. The lowest BCUT2D eigenvalue weighted by atomic mass is 10.0. The molecule has 0 aromatic heterocycles. The molecule has 1 saturated heterocycles. The Hall–Kier alpha value is -2.77.